The lowest BCUT2D eigenvalue weighted by molar-refractivity contribution is -0.114. The summed E-state index contributed by atoms with van der Waals surface area (Å²) in [7, 11) is 3.70. The van der Waals surface area contributed by atoms with Crippen LogP contribution in [0.25, 0.3) is 0 Å². The van der Waals surface area contributed by atoms with E-state index < -0.39 is 0 Å². The van der Waals surface area contributed by atoms with Crippen LogP contribution in [0.5, 0.6) is 0 Å². The van der Waals surface area contributed by atoms with Gasteiger partial charge < -0.3 is 20.1 Å². The van der Waals surface area contributed by atoms with Gasteiger partial charge in [0.05, 0.1) is 27.9 Å². The number of thioether (sulfide) groups is 1. The number of rotatable bonds is 7. The predicted molar refractivity (Wildman–Crippen MR) is 102 cm³/mol. The third-order valence-corrected chi connectivity index (χ3v) is 4.31. The van der Waals surface area contributed by atoms with Gasteiger partial charge in [0, 0.05) is 20.2 Å². The fourth-order valence-electron chi connectivity index (χ4n) is 2.10. The molecule has 0 aliphatic heterocycles. The second kappa shape index (κ2) is 8.77. The maximum atomic E-state index is 12.1. The van der Waals surface area contributed by atoms with Crippen molar-refractivity contribution in [1.82, 2.24) is 5.16 Å². The van der Waals surface area contributed by atoms with Crippen molar-refractivity contribution in [1.29, 1.82) is 0 Å². The molecule has 25 heavy (non-hydrogen) atoms. The minimum Gasteiger partial charge on any atom is -0.375 e. The Labute approximate surface area is 155 Å². The van der Waals surface area contributed by atoms with Gasteiger partial charge in [0.15, 0.2) is 5.82 Å². The molecule has 0 bridgehead atoms. The average Bonchev–Trinajstić information content (AvgIpc) is 2.91. The Bertz CT molecular complexity index is 764. The molecule has 2 aromatic rings. The molecule has 1 heterocycles. The number of hydrogen-bond donors (Lipinski definition) is 2. The Hall–Kier alpha value is -2.19. The molecule has 0 fully saturated rings. The largest absolute Gasteiger partial charge is 0.375 e. The summed E-state index contributed by atoms with van der Waals surface area (Å²) in [5.74, 6) is 0.797. The highest BCUT2D eigenvalue weighted by molar-refractivity contribution is 8.00. The van der Waals surface area contributed by atoms with Gasteiger partial charge in [-0.25, -0.2) is 0 Å². The van der Waals surface area contributed by atoms with Gasteiger partial charge in [-0.15, -0.1) is 11.8 Å². The summed E-state index contributed by atoms with van der Waals surface area (Å²) in [6.45, 7) is 1.74. The number of nitrogens with one attached hydrogen (secondary N) is 2. The van der Waals surface area contributed by atoms with Gasteiger partial charge in [-0.1, -0.05) is 22.8 Å². The zero-order valence-corrected chi connectivity index (χ0v) is 15.7. The van der Waals surface area contributed by atoms with Crippen molar-refractivity contribution in [2.45, 2.75) is 6.92 Å². The number of carbonyl (C=O) groups is 2. The van der Waals surface area contributed by atoms with Crippen molar-refractivity contribution in [2.24, 2.45) is 0 Å². The van der Waals surface area contributed by atoms with Crippen molar-refractivity contribution >= 4 is 52.4 Å². The highest BCUT2D eigenvalue weighted by atomic mass is 35.5. The molecular formula is C16H19ClN4O3S. The van der Waals surface area contributed by atoms with Crippen LogP contribution in [-0.4, -0.2) is 42.6 Å². The molecule has 0 atom stereocenters. The maximum absolute atomic E-state index is 12.1. The minimum absolute atomic E-state index is 0.134. The quantitative estimate of drug-likeness (QED) is 0.765. The van der Waals surface area contributed by atoms with E-state index in [4.69, 9.17) is 16.1 Å². The first-order chi connectivity index (χ1) is 11.9. The number of para-hydroxylation sites is 1. The van der Waals surface area contributed by atoms with Crippen LogP contribution in [0.4, 0.5) is 17.2 Å². The Morgan fingerprint density at radius 1 is 1.24 bits per heavy atom. The van der Waals surface area contributed by atoms with Gasteiger partial charge in [-0.2, -0.15) is 0 Å². The van der Waals surface area contributed by atoms with Crippen LogP contribution in [0.3, 0.4) is 0 Å². The van der Waals surface area contributed by atoms with Crippen LogP contribution < -0.4 is 15.5 Å². The molecule has 0 saturated heterocycles. The number of aromatic nitrogens is 1. The standard InChI is InChI=1S/C16H19ClN4O3S/c1-10-7-13(20-24-10)19-15(23)9-25-8-14(22)18-12-6-4-5-11(17)16(12)21(2)3/h4-7H,8-9H2,1-3H3,(H,18,22)(H,19,20,23). The van der Waals surface area contributed by atoms with E-state index in [2.05, 4.69) is 15.8 Å². The molecular weight excluding hydrogens is 364 g/mol. The highest BCUT2D eigenvalue weighted by Gasteiger charge is 2.13. The Kier molecular flexibility index (Phi) is 6.72. The lowest BCUT2D eigenvalue weighted by Gasteiger charge is -2.19. The van der Waals surface area contributed by atoms with Crippen molar-refractivity contribution < 1.29 is 14.1 Å². The van der Waals surface area contributed by atoms with Crippen LogP contribution in [0.1, 0.15) is 5.76 Å². The van der Waals surface area contributed by atoms with E-state index in [1.807, 2.05) is 19.0 Å². The van der Waals surface area contributed by atoms with Gasteiger partial charge >= 0.3 is 0 Å². The number of anilines is 3. The van der Waals surface area contributed by atoms with Crippen LogP contribution >= 0.6 is 23.4 Å². The molecule has 0 unspecified atom stereocenters. The number of hydrogen-bond acceptors (Lipinski definition) is 6. The minimum atomic E-state index is -0.247. The van der Waals surface area contributed by atoms with E-state index in [1.165, 1.54) is 11.8 Å². The summed E-state index contributed by atoms with van der Waals surface area (Å²) in [4.78, 5) is 25.7. The summed E-state index contributed by atoms with van der Waals surface area (Å²) >= 11 is 7.37. The second-order valence-electron chi connectivity index (χ2n) is 5.44. The zero-order valence-electron chi connectivity index (χ0n) is 14.1. The first-order valence-electron chi connectivity index (χ1n) is 7.43. The summed E-state index contributed by atoms with van der Waals surface area (Å²) in [6.07, 6.45) is 0. The van der Waals surface area contributed by atoms with Gasteiger partial charge in [-0.3, -0.25) is 9.59 Å². The molecule has 0 radical (unpaired) electrons. The second-order valence-corrected chi connectivity index (χ2v) is 6.84. The molecule has 134 valence electrons. The molecule has 7 nitrogen and oxygen atoms in total. The van der Waals surface area contributed by atoms with E-state index in [-0.39, 0.29) is 23.3 Å². The molecule has 2 amide bonds. The van der Waals surface area contributed by atoms with E-state index in [0.717, 1.165) is 5.69 Å². The molecule has 0 saturated carbocycles. The van der Waals surface area contributed by atoms with E-state index in [1.54, 1.807) is 31.2 Å². The fraction of sp³-hybridized carbons (Fsp3) is 0.312. The van der Waals surface area contributed by atoms with Crippen LogP contribution in [0.15, 0.2) is 28.8 Å². The summed E-state index contributed by atoms with van der Waals surface area (Å²) in [5.41, 5.74) is 1.37. The van der Waals surface area contributed by atoms with Gasteiger partial charge in [-0.05, 0) is 19.1 Å². The number of carbonyl (C=O) groups excluding carboxylic acids is 2. The third-order valence-electron chi connectivity index (χ3n) is 3.07. The number of nitrogens with zero attached hydrogens (tertiary/aromatic N) is 2. The normalized spacial score (nSPS) is 10.4. The fourth-order valence-corrected chi connectivity index (χ4v) is 3.06. The first kappa shape index (κ1) is 19.1. The number of benzene rings is 1. The van der Waals surface area contributed by atoms with E-state index in [0.29, 0.717) is 22.3 Å². The summed E-state index contributed by atoms with van der Waals surface area (Å²) in [6, 6.07) is 6.93. The van der Waals surface area contributed by atoms with Crippen molar-refractivity contribution in [3.05, 3.63) is 35.0 Å². The lowest BCUT2D eigenvalue weighted by Crippen LogP contribution is -2.20. The van der Waals surface area contributed by atoms with Crippen LogP contribution in [0.2, 0.25) is 5.02 Å². The highest BCUT2D eigenvalue weighted by Crippen LogP contribution is 2.32. The third kappa shape index (κ3) is 5.68. The number of amides is 2. The van der Waals surface area contributed by atoms with Gasteiger partial charge in [0.25, 0.3) is 0 Å². The van der Waals surface area contributed by atoms with Crippen molar-refractivity contribution in [3.63, 3.8) is 0 Å². The number of halogens is 1. The molecule has 0 spiro atoms. The summed E-state index contributed by atoms with van der Waals surface area (Å²) in [5, 5.41) is 9.64. The Morgan fingerprint density at radius 2 is 1.92 bits per heavy atom. The molecule has 2 N–H and O–H groups in total. The van der Waals surface area contributed by atoms with Gasteiger partial charge in [0.2, 0.25) is 11.8 Å². The maximum Gasteiger partial charge on any atom is 0.235 e. The molecule has 1 aromatic heterocycles. The average molecular weight is 383 g/mol. The monoisotopic (exact) mass is 382 g/mol. The lowest BCUT2D eigenvalue weighted by atomic mass is 10.2. The zero-order chi connectivity index (χ0) is 18.4. The van der Waals surface area contributed by atoms with Crippen LogP contribution in [-0.2, 0) is 9.59 Å². The van der Waals surface area contributed by atoms with Crippen molar-refractivity contribution in [3.8, 4) is 0 Å². The molecule has 1 aromatic carbocycles. The molecule has 9 heteroatoms. The Morgan fingerprint density at radius 3 is 2.52 bits per heavy atom. The smallest absolute Gasteiger partial charge is 0.235 e. The number of aryl methyl sites for hydroxylation is 1. The van der Waals surface area contributed by atoms with E-state index in [9.17, 15) is 9.59 Å². The summed E-state index contributed by atoms with van der Waals surface area (Å²) < 4.78 is 4.86. The van der Waals surface area contributed by atoms with Gasteiger partial charge in [0.1, 0.15) is 5.76 Å². The topological polar surface area (TPSA) is 87.5 Å². The first-order valence-corrected chi connectivity index (χ1v) is 8.96. The molecule has 2 rings (SSSR count). The predicted octanol–water partition coefficient (Wildman–Crippen LogP) is 3.01. The Balaban J connectivity index is 1.81. The molecule has 0 aliphatic carbocycles. The van der Waals surface area contributed by atoms with Crippen molar-refractivity contribution in [2.75, 3.05) is 41.1 Å². The van der Waals surface area contributed by atoms with E-state index >= 15 is 0 Å². The molecule has 0 aliphatic rings. The SMILES string of the molecule is Cc1cc(NC(=O)CSCC(=O)Nc2cccc(Cl)c2N(C)C)no1. The van der Waals surface area contributed by atoms with Crippen LogP contribution in [0, 0.1) is 6.92 Å².